The number of carbonyl (C=O) groups is 3. The van der Waals surface area contributed by atoms with Gasteiger partial charge in [-0.15, -0.1) is 0 Å². The lowest BCUT2D eigenvalue weighted by molar-refractivity contribution is -0.138. The summed E-state index contributed by atoms with van der Waals surface area (Å²) < 4.78 is 12.4. The van der Waals surface area contributed by atoms with Crippen LogP contribution in [0.4, 0.5) is 10.6 Å². The van der Waals surface area contributed by atoms with Gasteiger partial charge in [0.2, 0.25) is 5.82 Å². The average Bonchev–Trinajstić information content (AvgIpc) is 3.63. The lowest BCUT2D eigenvalue weighted by Gasteiger charge is -2.33. The maximum absolute atomic E-state index is 12.5. The minimum absolute atomic E-state index is 0.0768. The Kier molecular flexibility index (Phi) is 8.76. The molecule has 0 bridgehead atoms. The van der Waals surface area contributed by atoms with E-state index in [1.807, 2.05) is 13.8 Å². The SMILES string of the molecule is CC.Nc1nc(C#CCC2CCN(C(=O)OC3CNC3=O)CC2)nc2c1ncn2[C@@H]1O[C@H](C(=O)NC2CC2)C(O)[C@@H]1O. The molecule has 4 aliphatic rings. The molecule has 5 atom stereocenters. The monoisotopic (exact) mass is 584 g/mol. The molecule has 0 radical (unpaired) electrons. The van der Waals surface area contributed by atoms with Crippen LogP contribution in [0.15, 0.2) is 6.33 Å². The predicted octanol–water partition coefficient (Wildman–Crippen LogP) is -0.579. The first-order valence-electron chi connectivity index (χ1n) is 14.3. The van der Waals surface area contributed by atoms with E-state index in [4.69, 9.17) is 15.2 Å². The van der Waals surface area contributed by atoms with Crippen molar-refractivity contribution in [3.63, 3.8) is 0 Å². The molecular formula is C27H36N8O7. The molecular weight excluding hydrogens is 548 g/mol. The number of piperidine rings is 1. The number of ether oxygens (including phenoxy) is 2. The molecule has 0 aromatic carbocycles. The van der Waals surface area contributed by atoms with Crippen molar-refractivity contribution in [1.82, 2.24) is 35.1 Å². The Hall–Kier alpha value is -4.00. The summed E-state index contributed by atoms with van der Waals surface area (Å²) in [5, 5.41) is 26.4. The molecule has 3 aliphatic heterocycles. The zero-order valence-electron chi connectivity index (χ0n) is 23.5. The zero-order valence-corrected chi connectivity index (χ0v) is 23.5. The molecule has 0 spiro atoms. The highest BCUT2D eigenvalue weighted by molar-refractivity contribution is 5.88. The summed E-state index contributed by atoms with van der Waals surface area (Å²) in [6.45, 7) is 5.39. The highest BCUT2D eigenvalue weighted by Crippen LogP contribution is 2.33. The largest absolute Gasteiger partial charge is 0.434 e. The molecule has 1 saturated carbocycles. The molecule has 42 heavy (non-hydrogen) atoms. The van der Waals surface area contributed by atoms with Gasteiger partial charge >= 0.3 is 6.09 Å². The number of nitrogens with one attached hydrogen (secondary N) is 2. The highest BCUT2D eigenvalue weighted by Gasteiger charge is 2.48. The number of imidazole rings is 1. The average molecular weight is 585 g/mol. The second-order valence-electron chi connectivity index (χ2n) is 10.5. The summed E-state index contributed by atoms with van der Waals surface area (Å²) in [4.78, 5) is 50.5. The number of fused-ring (bicyclic) bond motifs is 1. The fourth-order valence-corrected chi connectivity index (χ4v) is 4.95. The van der Waals surface area contributed by atoms with Gasteiger partial charge in [-0.05, 0) is 37.5 Å². The Balaban J connectivity index is 0.00000173. The molecule has 3 saturated heterocycles. The molecule has 2 aromatic heterocycles. The Morgan fingerprint density at radius 3 is 2.57 bits per heavy atom. The van der Waals surface area contributed by atoms with Gasteiger partial charge in [0.1, 0.15) is 17.7 Å². The van der Waals surface area contributed by atoms with Crippen molar-refractivity contribution in [2.45, 2.75) is 82.6 Å². The van der Waals surface area contributed by atoms with Crippen molar-refractivity contribution >= 4 is 34.9 Å². The van der Waals surface area contributed by atoms with E-state index in [2.05, 4.69) is 37.4 Å². The minimum Gasteiger partial charge on any atom is -0.434 e. The standard InChI is InChI=1S/C25H30N8O7.C2H6/c26-20-16-21(33(11-28-16)24-18(35)17(34)19(40-24)23(37)29-13-4-5-13)31-15(30-20)3-1-2-12-6-8-32(9-7-12)25(38)39-14-10-27-22(14)36;1-2/h11-14,17-19,24,34-35H,2,4-10H2,(H,27,36)(H,29,37)(H2,26,30,31);1-2H3/t14?,17?,18-,19-,24+;/m0./s1. The highest BCUT2D eigenvalue weighted by atomic mass is 16.6. The van der Waals surface area contributed by atoms with E-state index in [1.165, 1.54) is 10.9 Å². The summed E-state index contributed by atoms with van der Waals surface area (Å²) in [6.07, 6.45) is -1.18. The summed E-state index contributed by atoms with van der Waals surface area (Å²) in [5.74, 6) is 5.78. The molecule has 3 amide bonds. The first-order valence-corrected chi connectivity index (χ1v) is 14.3. The number of amides is 3. The molecule has 15 nitrogen and oxygen atoms in total. The Bertz CT molecular complexity index is 1390. The third-order valence-corrected chi connectivity index (χ3v) is 7.60. The van der Waals surface area contributed by atoms with Crippen molar-refractivity contribution in [3.05, 3.63) is 12.2 Å². The fraction of sp³-hybridized carbons (Fsp3) is 0.630. The first-order chi connectivity index (χ1) is 20.3. The Morgan fingerprint density at radius 1 is 1.19 bits per heavy atom. The van der Waals surface area contributed by atoms with Crippen LogP contribution in [-0.2, 0) is 19.1 Å². The first kappa shape index (κ1) is 29.5. The molecule has 6 rings (SSSR count). The van der Waals surface area contributed by atoms with Crippen LogP contribution in [0, 0.1) is 17.8 Å². The van der Waals surface area contributed by atoms with Crippen molar-refractivity contribution in [1.29, 1.82) is 0 Å². The van der Waals surface area contributed by atoms with Gasteiger partial charge in [0.25, 0.3) is 11.8 Å². The topological polar surface area (TPSA) is 207 Å². The molecule has 15 heteroatoms. The number of nitrogens with zero attached hydrogens (tertiary/aromatic N) is 5. The predicted molar refractivity (Wildman–Crippen MR) is 147 cm³/mol. The minimum atomic E-state index is -1.43. The van der Waals surface area contributed by atoms with E-state index in [-0.39, 0.29) is 40.7 Å². The number of aliphatic hydroxyl groups is 2. The number of nitrogen functional groups attached to an aromatic ring is 1. The van der Waals surface area contributed by atoms with Gasteiger partial charge in [-0.1, -0.05) is 19.8 Å². The number of hydrogen-bond acceptors (Lipinski definition) is 11. The van der Waals surface area contributed by atoms with Crippen molar-refractivity contribution in [3.8, 4) is 11.8 Å². The summed E-state index contributed by atoms with van der Waals surface area (Å²) >= 11 is 0. The molecule has 226 valence electrons. The van der Waals surface area contributed by atoms with E-state index >= 15 is 0 Å². The summed E-state index contributed by atoms with van der Waals surface area (Å²) in [6, 6.07) is 0.0768. The van der Waals surface area contributed by atoms with E-state index in [0.717, 1.165) is 25.7 Å². The number of rotatable bonds is 5. The third kappa shape index (κ3) is 6.10. The van der Waals surface area contributed by atoms with Crippen LogP contribution in [0.1, 0.15) is 58.0 Å². The van der Waals surface area contributed by atoms with Crippen molar-refractivity contribution in [2.75, 3.05) is 25.4 Å². The van der Waals surface area contributed by atoms with Crippen LogP contribution in [0.25, 0.3) is 11.2 Å². The van der Waals surface area contributed by atoms with E-state index in [9.17, 15) is 24.6 Å². The van der Waals surface area contributed by atoms with Gasteiger partial charge in [0.05, 0.1) is 12.9 Å². The van der Waals surface area contributed by atoms with E-state index in [0.29, 0.717) is 26.1 Å². The smallest absolute Gasteiger partial charge is 0.410 e. The lowest BCUT2D eigenvalue weighted by Crippen LogP contribution is -2.56. The molecule has 4 fully saturated rings. The maximum Gasteiger partial charge on any atom is 0.410 e. The fourth-order valence-electron chi connectivity index (χ4n) is 4.95. The zero-order chi connectivity index (χ0) is 30.0. The summed E-state index contributed by atoms with van der Waals surface area (Å²) in [5.41, 5.74) is 6.63. The van der Waals surface area contributed by atoms with Gasteiger partial charge in [0, 0.05) is 25.6 Å². The van der Waals surface area contributed by atoms with Crippen LogP contribution < -0.4 is 16.4 Å². The summed E-state index contributed by atoms with van der Waals surface area (Å²) in [7, 11) is 0. The number of nitrogens with two attached hydrogens (primary N) is 1. The van der Waals surface area contributed by atoms with Gasteiger partial charge in [-0.25, -0.2) is 19.7 Å². The number of carbonyl (C=O) groups excluding carboxylic acids is 3. The van der Waals surface area contributed by atoms with Gasteiger partial charge < -0.3 is 41.0 Å². The number of β-lactam (4-membered cyclic amide) rings is 1. The Labute approximate surface area is 242 Å². The number of likely N-dealkylation sites (tertiary alicyclic amines) is 1. The van der Waals surface area contributed by atoms with Gasteiger partial charge in [-0.3, -0.25) is 14.2 Å². The molecule has 6 N–H and O–H groups in total. The van der Waals surface area contributed by atoms with Gasteiger partial charge in [-0.2, -0.15) is 0 Å². The number of hydrogen-bond donors (Lipinski definition) is 5. The van der Waals surface area contributed by atoms with Crippen LogP contribution in [-0.4, -0.2) is 103 Å². The van der Waals surface area contributed by atoms with Crippen molar-refractivity contribution in [2.24, 2.45) is 5.92 Å². The van der Waals surface area contributed by atoms with Crippen LogP contribution in [0.3, 0.4) is 0 Å². The quantitative estimate of drug-likeness (QED) is 0.222. The van der Waals surface area contributed by atoms with E-state index in [1.54, 1.807) is 4.90 Å². The molecule has 1 aliphatic carbocycles. The van der Waals surface area contributed by atoms with E-state index < -0.39 is 42.6 Å². The number of anilines is 1. The second-order valence-corrected chi connectivity index (χ2v) is 10.5. The second kappa shape index (κ2) is 12.5. The lowest BCUT2D eigenvalue weighted by atomic mass is 9.94. The third-order valence-electron chi connectivity index (χ3n) is 7.60. The molecule has 2 aromatic rings. The van der Waals surface area contributed by atoms with Crippen molar-refractivity contribution < 1.29 is 34.1 Å². The molecule has 5 heterocycles. The number of aliphatic hydroxyl groups excluding tert-OH is 2. The normalized spacial score (nSPS) is 27.2. The van der Waals surface area contributed by atoms with Crippen LogP contribution in [0.5, 0.6) is 0 Å². The number of aromatic nitrogens is 4. The maximum atomic E-state index is 12.5. The van der Waals surface area contributed by atoms with Crippen LogP contribution >= 0.6 is 0 Å². The molecule has 2 unspecified atom stereocenters. The van der Waals surface area contributed by atoms with Gasteiger partial charge in [0.15, 0.2) is 29.9 Å². The van der Waals surface area contributed by atoms with Crippen LogP contribution in [0.2, 0.25) is 0 Å². The Morgan fingerprint density at radius 2 is 1.93 bits per heavy atom.